The second kappa shape index (κ2) is 5.32. The first kappa shape index (κ1) is 11.5. The molecule has 1 heterocycles. The Hall–Kier alpha value is -0.610. The molecule has 0 saturated carbocycles. The zero-order chi connectivity index (χ0) is 10.6. The zero-order valence-corrected chi connectivity index (χ0v) is 9.32. The highest BCUT2D eigenvalue weighted by Crippen LogP contribution is 2.13. The van der Waals surface area contributed by atoms with E-state index < -0.39 is 0 Å². The van der Waals surface area contributed by atoms with Crippen LogP contribution in [0.25, 0.3) is 0 Å². The largest absolute Gasteiger partial charge is 0.292 e. The normalized spacial score (nSPS) is 20.5. The van der Waals surface area contributed by atoms with Gasteiger partial charge in [0.25, 0.3) is 5.91 Å². The first-order valence-electron chi connectivity index (χ1n) is 5.22. The van der Waals surface area contributed by atoms with Crippen LogP contribution in [0.3, 0.4) is 0 Å². The van der Waals surface area contributed by atoms with Crippen LogP contribution in [0.5, 0.6) is 0 Å². The van der Waals surface area contributed by atoms with Gasteiger partial charge in [0.05, 0.1) is 13.2 Å². The van der Waals surface area contributed by atoms with Gasteiger partial charge in [-0.2, -0.15) is 0 Å². The third-order valence-corrected chi connectivity index (χ3v) is 2.88. The van der Waals surface area contributed by atoms with Gasteiger partial charge in [0, 0.05) is 7.05 Å². The molecule has 1 aliphatic rings. The predicted octanol–water partition coefficient (Wildman–Crippen LogP) is 0.881. The molecule has 14 heavy (non-hydrogen) atoms. The number of hydroxylamine groups is 2. The van der Waals surface area contributed by atoms with E-state index in [0.29, 0.717) is 0 Å². The molecule has 0 aromatic carbocycles. The topological polar surface area (TPSA) is 32.8 Å². The minimum absolute atomic E-state index is 0.0365. The number of likely N-dealkylation sites (tertiary alicyclic amines) is 1. The number of likely N-dealkylation sites (N-methyl/N-ethyl adjacent to an activating group) is 1. The summed E-state index contributed by atoms with van der Waals surface area (Å²) in [6.45, 7) is 4.01. The summed E-state index contributed by atoms with van der Waals surface area (Å²) in [6, 6.07) is -0.0553. The summed E-state index contributed by atoms with van der Waals surface area (Å²) in [6.07, 6.45) is 3.69. The monoisotopic (exact) mass is 200 g/mol. The third-order valence-electron chi connectivity index (χ3n) is 2.88. The van der Waals surface area contributed by atoms with E-state index in [2.05, 4.69) is 4.90 Å². The first-order chi connectivity index (χ1) is 6.66. The lowest BCUT2D eigenvalue weighted by Crippen LogP contribution is -2.47. The summed E-state index contributed by atoms with van der Waals surface area (Å²) in [5.74, 6) is 0.0365. The van der Waals surface area contributed by atoms with Gasteiger partial charge in [-0.1, -0.05) is 6.42 Å². The Morgan fingerprint density at radius 2 is 1.93 bits per heavy atom. The van der Waals surface area contributed by atoms with Crippen LogP contribution in [0.4, 0.5) is 0 Å². The Kier molecular flexibility index (Phi) is 4.35. The molecular weight excluding hydrogens is 180 g/mol. The van der Waals surface area contributed by atoms with Crippen molar-refractivity contribution in [2.24, 2.45) is 0 Å². The minimum Gasteiger partial charge on any atom is -0.292 e. The summed E-state index contributed by atoms with van der Waals surface area (Å²) in [5, 5.41) is 1.30. The minimum atomic E-state index is -0.0553. The Morgan fingerprint density at radius 1 is 1.36 bits per heavy atom. The number of hydrogen-bond donors (Lipinski definition) is 0. The van der Waals surface area contributed by atoms with Crippen molar-refractivity contribution in [2.45, 2.75) is 32.2 Å². The van der Waals surface area contributed by atoms with Gasteiger partial charge in [-0.25, -0.2) is 5.06 Å². The maximum Gasteiger partial charge on any atom is 0.262 e. The van der Waals surface area contributed by atoms with Crippen molar-refractivity contribution in [1.29, 1.82) is 0 Å². The van der Waals surface area contributed by atoms with Crippen LogP contribution < -0.4 is 0 Å². The fourth-order valence-electron chi connectivity index (χ4n) is 1.81. The molecule has 1 aliphatic heterocycles. The van der Waals surface area contributed by atoms with E-state index in [1.54, 1.807) is 7.05 Å². The Bertz CT molecular complexity index is 191. The van der Waals surface area contributed by atoms with Gasteiger partial charge in [-0.3, -0.25) is 14.5 Å². The molecule has 1 atom stereocenters. The second-order valence-corrected chi connectivity index (χ2v) is 3.79. The van der Waals surface area contributed by atoms with Crippen LogP contribution in [0, 0.1) is 0 Å². The van der Waals surface area contributed by atoms with Gasteiger partial charge >= 0.3 is 0 Å². The van der Waals surface area contributed by atoms with Crippen LogP contribution in [0.15, 0.2) is 0 Å². The quantitative estimate of drug-likeness (QED) is 0.634. The van der Waals surface area contributed by atoms with Crippen molar-refractivity contribution in [3.05, 3.63) is 0 Å². The molecule has 0 aromatic heterocycles. The van der Waals surface area contributed by atoms with Gasteiger partial charge in [0.15, 0.2) is 0 Å². The average Bonchev–Trinajstić information content (AvgIpc) is 2.27. The van der Waals surface area contributed by atoms with Crippen LogP contribution in [0.1, 0.15) is 26.2 Å². The Balaban J connectivity index is 2.45. The molecule has 82 valence electrons. The van der Waals surface area contributed by atoms with Gasteiger partial charge < -0.3 is 0 Å². The van der Waals surface area contributed by atoms with Gasteiger partial charge in [-0.15, -0.1) is 0 Å². The Morgan fingerprint density at radius 3 is 2.43 bits per heavy atom. The van der Waals surface area contributed by atoms with Crippen molar-refractivity contribution < 1.29 is 9.63 Å². The van der Waals surface area contributed by atoms with Crippen LogP contribution in [-0.2, 0) is 9.63 Å². The fourth-order valence-corrected chi connectivity index (χ4v) is 1.81. The maximum absolute atomic E-state index is 11.7. The molecule has 1 amide bonds. The number of amides is 1. The molecule has 0 spiro atoms. The smallest absolute Gasteiger partial charge is 0.262 e. The van der Waals surface area contributed by atoms with E-state index in [9.17, 15) is 4.79 Å². The van der Waals surface area contributed by atoms with E-state index in [0.717, 1.165) is 13.1 Å². The lowest BCUT2D eigenvalue weighted by Gasteiger charge is -2.32. The number of hydrogen-bond acceptors (Lipinski definition) is 3. The molecule has 0 N–H and O–H groups in total. The van der Waals surface area contributed by atoms with Crippen molar-refractivity contribution in [1.82, 2.24) is 9.96 Å². The molecule has 0 aromatic rings. The predicted molar refractivity (Wildman–Crippen MR) is 54.7 cm³/mol. The van der Waals surface area contributed by atoms with Gasteiger partial charge in [0.1, 0.15) is 0 Å². The zero-order valence-electron chi connectivity index (χ0n) is 9.32. The summed E-state index contributed by atoms with van der Waals surface area (Å²) < 4.78 is 0. The molecule has 1 fully saturated rings. The molecule has 0 unspecified atom stereocenters. The number of carbonyl (C=O) groups is 1. The second-order valence-electron chi connectivity index (χ2n) is 3.79. The highest BCUT2D eigenvalue weighted by molar-refractivity contribution is 5.80. The van der Waals surface area contributed by atoms with Crippen molar-refractivity contribution in [3.8, 4) is 0 Å². The lowest BCUT2D eigenvalue weighted by molar-refractivity contribution is -0.174. The van der Waals surface area contributed by atoms with Crippen molar-refractivity contribution in [2.75, 3.05) is 27.2 Å². The van der Waals surface area contributed by atoms with Crippen molar-refractivity contribution >= 4 is 5.91 Å². The van der Waals surface area contributed by atoms with Crippen LogP contribution in [-0.4, -0.2) is 49.2 Å². The summed E-state index contributed by atoms with van der Waals surface area (Å²) in [7, 11) is 3.17. The summed E-state index contributed by atoms with van der Waals surface area (Å²) in [5.41, 5.74) is 0. The SMILES string of the molecule is CON(C)C(=O)[C@@H](C)N1CCCCC1. The standard InChI is InChI=1S/C10H20N2O2/c1-9(10(13)11(2)14-3)12-7-5-4-6-8-12/h9H,4-8H2,1-3H3/t9-/m1/s1. The van der Waals surface area contributed by atoms with E-state index in [4.69, 9.17) is 4.84 Å². The molecule has 4 heteroatoms. The van der Waals surface area contributed by atoms with Gasteiger partial charge in [0.2, 0.25) is 0 Å². The highest BCUT2D eigenvalue weighted by Gasteiger charge is 2.25. The fraction of sp³-hybridized carbons (Fsp3) is 0.900. The van der Waals surface area contributed by atoms with E-state index in [1.165, 1.54) is 31.4 Å². The average molecular weight is 200 g/mol. The molecule has 0 bridgehead atoms. The van der Waals surface area contributed by atoms with Crippen LogP contribution in [0.2, 0.25) is 0 Å². The van der Waals surface area contributed by atoms with E-state index >= 15 is 0 Å². The number of nitrogens with zero attached hydrogens (tertiary/aromatic N) is 2. The highest BCUT2D eigenvalue weighted by atomic mass is 16.7. The molecule has 4 nitrogen and oxygen atoms in total. The molecule has 1 saturated heterocycles. The third kappa shape index (κ3) is 2.69. The molecule has 0 aliphatic carbocycles. The number of rotatable bonds is 3. The van der Waals surface area contributed by atoms with Crippen molar-refractivity contribution in [3.63, 3.8) is 0 Å². The Labute approximate surface area is 85.8 Å². The van der Waals surface area contributed by atoms with E-state index in [1.807, 2.05) is 6.92 Å². The lowest BCUT2D eigenvalue weighted by atomic mass is 10.1. The first-order valence-corrected chi connectivity index (χ1v) is 5.22. The van der Waals surface area contributed by atoms with Crippen LogP contribution >= 0.6 is 0 Å². The van der Waals surface area contributed by atoms with E-state index in [-0.39, 0.29) is 11.9 Å². The summed E-state index contributed by atoms with van der Waals surface area (Å²) in [4.78, 5) is 18.8. The number of piperidine rings is 1. The van der Waals surface area contributed by atoms with Gasteiger partial charge in [-0.05, 0) is 32.9 Å². The molecular formula is C10H20N2O2. The molecule has 1 rings (SSSR count). The molecule has 0 radical (unpaired) electrons. The maximum atomic E-state index is 11.7. The summed E-state index contributed by atoms with van der Waals surface area (Å²) >= 11 is 0. The number of carbonyl (C=O) groups excluding carboxylic acids is 1.